The number of nitrogens with zero attached hydrogens (tertiary/aromatic N) is 1. The van der Waals surface area contributed by atoms with Crippen LogP contribution in [-0.2, 0) is 24.3 Å². The molecule has 2 saturated heterocycles. The van der Waals surface area contributed by atoms with Crippen LogP contribution in [0.4, 0.5) is 0 Å². The van der Waals surface area contributed by atoms with E-state index in [1.165, 1.54) is 12.1 Å². The summed E-state index contributed by atoms with van der Waals surface area (Å²) in [7, 11) is -3.76. The molecule has 150 valence electrons. The highest BCUT2D eigenvalue weighted by atomic mass is 32.2. The van der Waals surface area contributed by atoms with Gasteiger partial charge in [0.1, 0.15) is 18.3 Å². The molecule has 0 spiro atoms. The number of carbonyl (C=O) groups is 1. The smallest absolute Gasteiger partial charge is 0.240 e. The molecule has 2 fully saturated rings. The highest BCUT2D eigenvalue weighted by Crippen LogP contribution is 2.24. The molecule has 9 nitrogen and oxygen atoms in total. The van der Waals surface area contributed by atoms with E-state index >= 15 is 0 Å². The fourth-order valence-electron chi connectivity index (χ4n) is 3.15. The third-order valence-electron chi connectivity index (χ3n) is 4.73. The van der Waals surface area contributed by atoms with E-state index < -0.39 is 34.4 Å². The van der Waals surface area contributed by atoms with E-state index in [2.05, 4.69) is 4.72 Å². The molecule has 1 aromatic rings. The number of hydrogen-bond donors (Lipinski definition) is 3. The first-order chi connectivity index (χ1) is 12.9. The van der Waals surface area contributed by atoms with Gasteiger partial charge < -0.3 is 24.6 Å². The number of hydrogen-bond acceptors (Lipinski definition) is 7. The van der Waals surface area contributed by atoms with Crippen molar-refractivity contribution in [2.24, 2.45) is 0 Å². The lowest BCUT2D eigenvalue weighted by Gasteiger charge is -2.28. The number of carbonyl (C=O) groups excluding carboxylic acids is 1. The lowest BCUT2D eigenvalue weighted by Crippen LogP contribution is -2.43. The second kappa shape index (κ2) is 8.63. The monoisotopic (exact) mass is 400 g/mol. The average molecular weight is 400 g/mol. The maximum Gasteiger partial charge on any atom is 0.240 e. The molecule has 3 rings (SSSR count). The number of ether oxygens (including phenoxy) is 2. The molecule has 10 heteroatoms. The minimum Gasteiger partial charge on any atom is -0.388 e. The minimum atomic E-state index is -3.76. The van der Waals surface area contributed by atoms with Gasteiger partial charge in [-0.15, -0.1) is 0 Å². The van der Waals surface area contributed by atoms with Gasteiger partial charge >= 0.3 is 0 Å². The van der Waals surface area contributed by atoms with Gasteiger partial charge in [-0.05, 0) is 12.1 Å². The Kier molecular flexibility index (Phi) is 6.45. The second-order valence-electron chi connectivity index (χ2n) is 6.56. The molecule has 3 N–H and O–H groups in total. The molecule has 0 radical (unpaired) electrons. The number of morpholine rings is 1. The third-order valence-corrected chi connectivity index (χ3v) is 6.17. The normalized spacial score (nSPS) is 29.0. The highest BCUT2D eigenvalue weighted by Gasteiger charge is 2.44. The first kappa shape index (κ1) is 20.2. The first-order valence-electron chi connectivity index (χ1n) is 8.80. The van der Waals surface area contributed by atoms with Crippen molar-refractivity contribution < 1.29 is 32.9 Å². The number of aliphatic hydroxyl groups excluding tert-OH is 2. The molecular formula is C17H24N2O7S. The van der Waals surface area contributed by atoms with Crippen molar-refractivity contribution in [2.75, 3.05) is 32.8 Å². The summed E-state index contributed by atoms with van der Waals surface area (Å²) in [4.78, 5) is 14.0. The topological polar surface area (TPSA) is 125 Å². The molecule has 2 aliphatic rings. The SMILES string of the molecule is O=C(C[C@@H]1O[C@@H](CNS(=O)(=O)c2ccccc2)[C@@H](O)[C@H]1O)N1CCOCC1. The van der Waals surface area contributed by atoms with Crippen LogP contribution in [0.25, 0.3) is 0 Å². The van der Waals surface area contributed by atoms with Crippen LogP contribution in [0.5, 0.6) is 0 Å². The van der Waals surface area contributed by atoms with Gasteiger partial charge in [-0.3, -0.25) is 4.79 Å². The van der Waals surface area contributed by atoms with Crippen LogP contribution in [0.15, 0.2) is 35.2 Å². The number of nitrogens with one attached hydrogen (secondary N) is 1. The first-order valence-corrected chi connectivity index (χ1v) is 10.3. The van der Waals surface area contributed by atoms with Gasteiger partial charge in [-0.2, -0.15) is 0 Å². The Labute approximate surface area is 157 Å². The van der Waals surface area contributed by atoms with E-state index in [0.717, 1.165) is 0 Å². The molecular weight excluding hydrogens is 376 g/mol. The zero-order valence-corrected chi connectivity index (χ0v) is 15.5. The van der Waals surface area contributed by atoms with Crippen molar-refractivity contribution in [3.8, 4) is 0 Å². The molecule has 0 aromatic heterocycles. The second-order valence-corrected chi connectivity index (χ2v) is 8.32. The van der Waals surface area contributed by atoms with E-state index in [4.69, 9.17) is 9.47 Å². The van der Waals surface area contributed by atoms with Crippen LogP contribution in [0.1, 0.15) is 6.42 Å². The molecule has 2 heterocycles. The van der Waals surface area contributed by atoms with E-state index in [1.807, 2.05) is 0 Å². The summed E-state index contributed by atoms with van der Waals surface area (Å²) in [5.74, 6) is -0.194. The van der Waals surface area contributed by atoms with Crippen LogP contribution in [-0.4, -0.2) is 86.7 Å². The molecule has 2 aliphatic heterocycles. The maximum absolute atomic E-state index is 12.3. The van der Waals surface area contributed by atoms with Crippen molar-refractivity contribution in [1.82, 2.24) is 9.62 Å². The predicted octanol–water partition coefficient (Wildman–Crippen LogP) is -1.30. The summed E-state index contributed by atoms with van der Waals surface area (Å²) in [6.07, 6.45) is -4.46. The van der Waals surface area contributed by atoms with E-state index in [1.54, 1.807) is 23.1 Å². The minimum absolute atomic E-state index is 0.0832. The van der Waals surface area contributed by atoms with Crippen molar-refractivity contribution in [2.45, 2.75) is 35.7 Å². The molecule has 0 unspecified atom stereocenters. The van der Waals surface area contributed by atoms with Crippen molar-refractivity contribution >= 4 is 15.9 Å². The molecule has 1 amide bonds. The number of amides is 1. The largest absolute Gasteiger partial charge is 0.388 e. The van der Waals surface area contributed by atoms with Crippen molar-refractivity contribution in [3.05, 3.63) is 30.3 Å². The zero-order valence-electron chi connectivity index (χ0n) is 14.7. The fourth-order valence-corrected chi connectivity index (χ4v) is 4.22. The van der Waals surface area contributed by atoms with Crippen LogP contribution in [0.3, 0.4) is 0 Å². The van der Waals surface area contributed by atoms with Crippen LogP contribution >= 0.6 is 0 Å². The van der Waals surface area contributed by atoms with Gasteiger partial charge in [-0.1, -0.05) is 18.2 Å². The molecule has 4 atom stereocenters. The number of rotatable bonds is 6. The Hall–Kier alpha value is -1.56. The summed E-state index contributed by atoms with van der Waals surface area (Å²) in [5.41, 5.74) is 0. The molecule has 1 aromatic carbocycles. The predicted molar refractivity (Wildman–Crippen MR) is 94.3 cm³/mol. The van der Waals surface area contributed by atoms with E-state index in [0.29, 0.717) is 26.3 Å². The number of sulfonamides is 1. The van der Waals surface area contributed by atoms with Crippen molar-refractivity contribution in [3.63, 3.8) is 0 Å². The lowest BCUT2D eigenvalue weighted by atomic mass is 10.1. The van der Waals surface area contributed by atoms with E-state index in [9.17, 15) is 23.4 Å². The number of benzene rings is 1. The fraction of sp³-hybridized carbons (Fsp3) is 0.588. The Morgan fingerprint density at radius 1 is 1.11 bits per heavy atom. The van der Waals surface area contributed by atoms with Crippen LogP contribution in [0.2, 0.25) is 0 Å². The van der Waals surface area contributed by atoms with Gasteiger partial charge in [-0.25, -0.2) is 13.1 Å². The van der Waals surface area contributed by atoms with Gasteiger partial charge in [0.15, 0.2) is 0 Å². The summed E-state index contributed by atoms with van der Waals surface area (Å²) in [5, 5.41) is 20.3. The zero-order chi connectivity index (χ0) is 19.4. The Morgan fingerprint density at radius 3 is 2.41 bits per heavy atom. The lowest BCUT2D eigenvalue weighted by molar-refractivity contribution is -0.139. The molecule has 0 aliphatic carbocycles. The third kappa shape index (κ3) is 4.84. The summed E-state index contributed by atoms with van der Waals surface area (Å²) in [6, 6.07) is 7.81. The summed E-state index contributed by atoms with van der Waals surface area (Å²) < 4.78 is 37.7. The highest BCUT2D eigenvalue weighted by molar-refractivity contribution is 7.89. The van der Waals surface area contributed by atoms with Gasteiger partial charge in [0.25, 0.3) is 0 Å². The molecule has 0 saturated carbocycles. The Bertz CT molecular complexity index is 737. The standard InChI is InChI=1S/C17H24N2O7S/c20-15(19-6-8-25-9-7-19)10-13-16(21)17(22)14(26-13)11-18-27(23,24)12-4-2-1-3-5-12/h1-5,13-14,16-18,21-22H,6-11H2/t13-,14-,16-,17+/m0/s1. The van der Waals surface area contributed by atoms with Gasteiger partial charge in [0.05, 0.1) is 30.6 Å². The van der Waals surface area contributed by atoms with Gasteiger partial charge in [0, 0.05) is 19.6 Å². The Balaban J connectivity index is 1.55. The molecule has 27 heavy (non-hydrogen) atoms. The Morgan fingerprint density at radius 2 is 1.74 bits per heavy atom. The quantitative estimate of drug-likeness (QED) is 0.542. The number of aliphatic hydroxyl groups is 2. The van der Waals surface area contributed by atoms with Crippen LogP contribution in [0, 0.1) is 0 Å². The summed E-state index contributed by atoms with van der Waals surface area (Å²) >= 11 is 0. The van der Waals surface area contributed by atoms with Gasteiger partial charge in [0.2, 0.25) is 15.9 Å². The summed E-state index contributed by atoms with van der Waals surface area (Å²) in [6.45, 7) is 1.67. The van der Waals surface area contributed by atoms with Crippen LogP contribution < -0.4 is 4.72 Å². The maximum atomic E-state index is 12.3. The van der Waals surface area contributed by atoms with E-state index in [-0.39, 0.29) is 23.8 Å². The average Bonchev–Trinajstić information content (AvgIpc) is 2.96. The van der Waals surface area contributed by atoms with Crippen molar-refractivity contribution in [1.29, 1.82) is 0 Å². The molecule has 0 bridgehead atoms.